The Morgan fingerprint density at radius 3 is 2.58 bits per heavy atom. The third kappa shape index (κ3) is 3.98. The van der Waals surface area contributed by atoms with Gasteiger partial charge in [0.25, 0.3) is 5.91 Å². The molecule has 0 aliphatic heterocycles. The summed E-state index contributed by atoms with van der Waals surface area (Å²) < 4.78 is 26.9. The van der Waals surface area contributed by atoms with Gasteiger partial charge in [-0.1, -0.05) is 32.8 Å². The maximum atomic E-state index is 13.0. The van der Waals surface area contributed by atoms with E-state index in [4.69, 9.17) is 0 Å². The third-order valence-corrected chi connectivity index (χ3v) is 6.51. The van der Waals surface area contributed by atoms with Crippen LogP contribution in [0.3, 0.4) is 0 Å². The summed E-state index contributed by atoms with van der Waals surface area (Å²) in [5, 5.41) is 0. The zero-order valence-electron chi connectivity index (χ0n) is 15.0. The molecule has 0 spiro atoms. The van der Waals surface area contributed by atoms with Crippen LogP contribution in [-0.4, -0.2) is 38.9 Å². The minimum atomic E-state index is -3.57. The third-order valence-electron chi connectivity index (χ3n) is 4.97. The zero-order valence-corrected chi connectivity index (χ0v) is 15.8. The topological polar surface area (TPSA) is 66.5 Å². The highest BCUT2D eigenvalue weighted by molar-refractivity contribution is 7.89. The number of aryl methyl sites for hydroxylation is 1. The lowest BCUT2D eigenvalue weighted by Gasteiger charge is -2.36. The first kappa shape index (κ1) is 18.9. The lowest BCUT2D eigenvalue weighted by Crippen LogP contribution is -2.42. The summed E-state index contributed by atoms with van der Waals surface area (Å²) in [6.07, 6.45) is 4.50. The Kier molecular flexibility index (Phi) is 6.04. The van der Waals surface area contributed by atoms with E-state index in [0.29, 0.717) is 18.0 Å². The molecule has 0 bridgehead atoms. The molecule has 1 aromatic rings. The number of rotatable bonds is 5. The van der Waals surface area contributed by atoms with Crippen molar-refractivity contribution in [3.63, 3.8) is 0 Å². The molecule has 1 N–H and O–H groups in total. The fourth-order valence-electron chi connectivity index (χ4n) is 3.48. The van der Waals surface area contributed by atoms with Gasteiger partial charge in [-0.25, -0.2) is 13.1 Å². The second-order valence-corrected chi connectivity index (χ2v) is 8.49. The van der Waals surface area contributed by atoms with Crippen LogP contribution >= 0.6 is 0 Å². The molecular weight excluding hydrogens is 324 g/mol. The van der Waals surface area contributed by atoms with Crippen LogP contribution in [0.4, 0.5) is 0 Å². The van der Waals surface area contributed by atoms with Crippen LogP contribution in [0, 0.1) is 12.8 Å². The van der Waals surface area contributed by atoms with E-state index in [1.54, 1.807) is 24.0 Å². The van der Waals surface area contributed by atoms with Gasteiger partial charge in [-0.15, -0.1) is 0 Å². The summed E-state index contributed by atoms with van der Waals surface area (Å²) in [5.74, 6) is 0.376. The van der Waals surface area contributed by atoms with Crippen molar-refractivity contribution < 1.29 is 13.2 Å². The van der Waals surface area contributed by atoms with Crippen molar-refractivity contribution in [1.82, 2.24) is 9.62 Å². The number of carbonyl (C=O) groups is 1. The number of nitrogens with one attached hydrogen (secondary N) is 1. The number of carbonyl (C=O) groups excluding carboxylic acids is 1. The van der Waals surface area contributed by atoms with Gasteiger partial charge in [-0.3, -0.25) is 4.79 Å². The fraction of sp³-hybridized carbons (Fsp3) is 0.611. The average Bonchev–Trinajstić information content (AvgIpc) is 2.54. The van der Waals surface area contributed by atoms with Crippen LogP contribution < -0.4 is 4.72 Å². The number of sulfonamides is 1. The standard InChI is InChI=1S/C18H28N2O3S/c1-5-19-24(22,23)15-11-10-13(2)16(12-15)18(21)20(4)17-9-7-6-8-14(17)3/h10-12,14,17,19H,5-9H2,1-4H3. The smallest absolute Gasteiger partial charge is 0.254 e. The number of hydrogen-bond donors (Lipinski definition) is 1. The van der Waals surface area contributed by atoms with Gasteiger partial charge in [-0.2, -0.15) is 0 Å². The van der Waals surface area contributed by atoms with Crippen LogP contribution in [0.5, 0.6) is 0 Å². The maximum absolute atomic E-state index is 13.0. The van der Waals surface area contributed by atoms with Crippen LogP contribution in [-0.2, 0) is 10.0 Å². The minimum absolute atomic E-state index is 0.0974. The van der Waals surface area contributed by atoms with Crippen molar-refractivity contribution in [2.75, 3.05) is 13.6 Å². The van der Waals surface area contributed by atoms with Gasteiger partial charge in [0, 0.05) is 25.2 Å². The SMILES string of the molecule is CCNS(=O)(=O)c1ccc(C)c(C(=O)N(C)C2CCCCC2C)c1. The monoisotopic (exact) mass is 352 g/mol. The molecule has 1 amide bonds. The van der Waals surface area contributed by atoms with Gasteiger partial charge in [0.1, 0.15) is 0 Å². The molecule has 6 heteroatoms. The molecule has 24 heavy (non-hydrogen) atoms. The zero-order chi connectivity index (χ0) is 17.9. The second kappa shape index (κ2) is 7.66. The van der Waals surface area contributed by atoms with Gasteiger partial charge < -0.3 is 4.90 Å². The Morgan fingerprint density at radius 2 is 1.96 bits per heavy atom. The van der Waals surface area contributed by atoms with Gasteiger partial charge in [0.05, 0.1) is 4.90 Å². The molecule has 0 saturated heterocycles. The number of amides is 1. The van der Waals surface area contributed by atoms with E-state index in [-0.39, 0.29) is 16.8 Å². The van der Waals surface area contributed by atoms with Crippen LogP contribution in [0.25, 0.3) is 0 Å². The summed E-state index contributed by atoms with van der Waals surface area (Å²) in [5.41, 5.74) is 1.26. The predicted octanol–water partition coefficient (Wildman–Crippen LogP) is 2.94. The quantitative estimate of drug-likeness (QED) is 0.886. The second-order valence-electron chi connectivity index (χ2n) is 6.72. The van der Waals surface area contributed by atoms with Gasteiger partial charge >= 0.3 is 0 Å². The van der Waals surface area contributed by atoms with E-state index in [0.717, 1.165) is 24.8 Å². The summed E-state index contributed by atoms with van der Waals surface area (Å²) in [7, 11) is -1.73. The van der Waals surface area contributed by atoms with E-state index < -0.39 is 10.0 Å². The molecule has 1 aromatic carbocycles. The number of hydrogen-bond acceptors (Lipinski definition) is 3. The molecule has 0 heterocycles. The predicted molar refractivity (Wildman–Crippen MR) is 95.6 cm³/mol. The van der Waals surface area contributed by atoms with E-state index in [9.17, 15) is 13.2 Å². The van der Waals surface area contributed by atoms with Gasteiger partial charge in [-0.05, 0) is 43.4 Å². The molecule has 2 rings (SSSR count). The first-order chi connectivity index (χ1) is 11.3. The molecule has 2 unspecified atom stereocenters. The molecule has 2 atom stereocenters. The summed E-state index contributed by atoms with van der Waals surface area (Å²) >= 11 is 0. The Labute approximate surface area is 145 Å². The summed E-state index contributed by atoms with van der Waals surface area (Å²) in [4.78, 5) is 14.9. The Morgan fingerprint density at radius 1 is 1.29 bits per heavy atom. The van der Waals surface area contributed by atoms with Crippen molar-refractivity contribution in [3.8, 4) is 0 Å². The van der Waals surface area contributed by atoms with Gasteiger partial charge in [0.15, 0.2) is 0 Å². The lowest BCUT2D eigenvalue weighted by molar-refractivity contribution is 0.0628. The normalized spacial score (nSPS) is 21.5. The summed E-state index contributed by atoms with van der Waals surface area (Å²) in [6.45, 7) is 6.08. The van der Waals surface area contributed by atoms with E-state index in [1.807, 2.05) is 14.0 Å². The van der Waals surface area contributed by atoms with Crippen molar-refractivity contribution in [3.05, 3.63) is 29.3 Å². The molecule has 0 radical (unpaired) electrons. The maximum Gasteiger partial charge on any atom is 0.254 e. The van der Waals surface area contributed by atoms with Crippen LogP contribution in [0.1, 0.15) is 55.5 Å². The Hall–Kier alpha value is -1.40. The highest BCUT2D eigenvalue weighted by Crippen LogP contribution is 2.29. The highest BCUT2D eigenvalue weighted by atomic mass is 32.2. The van der Waals surface area contributed by atoms with E-state index in [1.165, 1.54) is 12.5 Å². The molecule has 5 nitrogen and oxygen atoms in total. The molecule has 1 aliphatic rings. The van der Waals surface area contributed by atoms with Crippen LogP contribution in [0.15, 0.2) is 23.1 Å². The first-order valence-corrected chi connectivity index (χ1v) is 10.1. The molecule has 0 aromatic heterocycles. The Balaban J connectivity index is 2.31. The molecule has 1 aliphatic carbocycles. The minimum Gasteiger partial charge on any atom is -0.338 e. The average molecular weight is 353 g/mol. The highest BCUT2D eigenvalue weighted by Gasteiger charge is 2.29. The Bertz CT molecular complexity index is 700. The van der Waals surface area contributed by atoms with Crippen molar-refractivity contribution in [2.45, 2.75) is 57.4 Å². The largest absolute Gasteiger partial charge is 0.338 e. The van der Waals surface area contributed by atoms with Gasteiger partial charge in [0.2, 0.25) is 10.0 Å². The lowest BCUT2D eigenvalue weighted by atomic mass is 9.85. The first-order valence-electron chi connectivity index (χ1n) is 8.65. The summed E-state index contributed by atoms with van der Waals surface area (Å²) in [6, 6.07) is 4.97. The molecule has 134 valence electrons. The number of nitrogens with zero attached hydrogens (tertiary/aromatic N) is 1. The molecule has 1 fully saturated rings. The van der Waals surface area contributed by atoms with Crippen LogP contribution in [0.2, 0.25) is 0 Å². The van der Waals surface area contributed by atoms with Crippen molar-refractivity contribution >= 4 is 15.9 Å². The van der Waals surface area contributed by atoms with E-state index in [2.05, 4.69) is 11.6 Å². The van der Waals surface area contributed by atoms with Crippen molar-refractivity contribution in [1.29, 1.82) is 0 Å². The fourth-order valence-corrected chi connectivity index (χ4v) is 4.55. The number of benzene rings is 1. The molecular formula is C18H28N2O3S. The van der Waals surface area contributed by atoms with Crippen molar-refractivity contribution in [2.24, 2.45) is 5.92 Å². The molecule has 1 saturated carbocycles. The van der Waals surface area contributed by atoms with E-state index >= 15 is 0 Å².